The summed E-state index contributed by atoms with van der Waals surface area (Å²) in [4.78, 5) is 18.1. The zero-order chi connectivity index (χ0) is 20.1. The van der Waals surface area contributed by atoms with Gasteiger partial charge in [0.2, 0.25) is 0 Å². The molecule has 0 spiro atoms. The van der Waals surface area contributed by atoms with E-state index in [4.69, 9.17) is 14.5 Å². The molecule has 0 aliphatic carbocycles. The fourth-order valence-corrected chi connectivity index (χ4v) is 4.38. The number of ether oxygens (including phenoxy) is 2. The van der Waals surface area contributed by atoms with Crippen molar-refractivity contribution in [2.75, 3.05) is 39.4 Å². The lowest BCUT2D eigenvalue weighted by Gasteiger charge is -2.26. The molecule has 2 aromatic rings. The number of benzene rings is 1. The van der Waals surface area contributed by atoms with Crippen molar-refractivity contribution in [3.63, 3.8) is 0 Å². The van der Waals surface area contributed by atoms with E-state index >= 15 is 0 Å². The highest BCUT2D eigenvalue weighted by molar-refractivity contribution is 5.84. The molecule has 7 heteroatoms. The van der Waals surface area contributed by atoms with E-state index in [9.17, 15) is 4.79 Å². The van der Waals surface area contributed by atoms with Crippen molar-refractivity contribution in [2.24, 2.45) is 0 Å². The molecule has 2 saturated heterocycles. The van der Waals surface area contributed by atoms with Crippen LogP contribution in [0, 0.1) is 6.92 Å². The third-order valence-electron chi connectivity index (χ3n) is 5.89. The van der Waals surface area contributed by atoms with Crippen LogP contribution in [0.15, 0.2) is 23.0 Å². The maximum absolute atomic E-state index is 13.3. The van der Waals surface area contributed by atoms with Crippen molar-refractivity contribution in [2.45, 2.75) is 51.2 Å². The lowest BCUT2D eigenvalue weighted by Crippen LogP contribution is -2.38. The molecule has 158 valence electrons. The van der Waals surface area contributed by atoms with Gasteiger partial charge in [0.1, 0.15) is 17.0 Å². The van der Waals surface area contributed by atoms with Crippen LogP contribution in [-0.2, 0) is 4.74 Å². The normalized spacial score (nSPS) is 20.8. The lowest BCUT2D eigenvalue weighted by atomic mass is 10.1. The van der Waals surface area contributed by atoms with Gasteiger partial charge in [0.05, 0.1) is 30.9 Å². The summed E-state index contributed by atoms with van der Waals surface area (Å²) >= 11 is 0. The van der Waals surface area contributed by atoms with E-state index in [1.165, 1.54) is 0 Å². The molecule has 0 radical (unpaired) electrons. The summed E-state index contributed by atoms with van der Waals surface area (Å²) in [6.07, 6.45) is 5.38. The molecule has 0 saturated carbocycles. The van der Waals surface area contributed by atoms with Crippen LogP contribution in [0.25, 0.3) is 10.9 Å². The Morgan fingerprint density at radius 3 is 2.79 bits per heavy atom. The Balaban J connectivity index is 1.45. The molecular formula is C22H32N4O3. The molecule has 0 bridgehead atoms. The first kappa shape index (κ1) is 20.3. The standard InChI is InChI=1S/C22H32N4O3/c1-16-25-19-6-2-7-20(29-14-4-13-28-18-8-11-23-12-9-18)21(19)22(27)26(16)17-5-3-10-24-15-17/h2,6-7,17-18,23-24H,3-5,8-15H2,1H3. The van der Waals surface area contributed by atoms with Crippen LogP contribution in [-0.4, -0.2) is 55.0 Å². The van der Waals surface area contributed by atoms with Gasteiger partial charge in [-0.15, -0.1) is 0 Å². The van der Waals surface area contributed by atoms with Crippen LogP contribution in [0.5, 0.6) is 5.75 Å². The molecule has 2 aliphatic rings. The van der Waals surface area contributed by atoms with Crippen molar-refractivity contribution >= 4 is 10.9 Å². The number of hydrogen-bond acceptors (Lipinski definition) is 6. The number of aryl methyl sites for hydroxylation is 1. The Bertz CT molecular complexity index is 870. The fourth-order valence-electron chi connectivity index (χ4n) is 4.38. The largest absolute Gasteiger partial charge is 0.493 e. The average Bonchev–Trinajstić information content (AvgIpc) is 2.75. The van der Waals surface area contributed by atoms with Gasteiger partial charge in [0, 0.05) is 13.0 Å². The van der Waals surface area contributed by atoms with Crippen LogP contribution in [0.2, 0.25) is 0 Å². The van der Waals surface area contributed by atoms with Gasteiger partial charge in [-0.2, -0.15) is 0 Å². The molecule has 1 atom stereocenters. The minimum Gasteiger partial charge on any atom is -0.493 e. The summed E-state index contributed by atoms with van der Waals surface area (Å²) in [5.74, 6) is 1.39. The van der Waals surface area contributed by atoms with Crippen LogP contribution in [0.1, 0.15) is 44.0 Å². The number of fused-ring (bicyclic) bond motifs is 1. The molecule has 2 N–H and O–H groups in total. The third kappa shape index (κ3) is 4.79. The maximum atomic E-state index is 13.3. The van der Waals surface area contributed by atoms with E-state index in [1.54, 1.807) is 0 Å². The first-order valence-electron chi connectivity index (χ1n) is 10.9. The van der Waals surface area contributed by atoms with Gasteiger partial charge < -0.3 is 20.1 Å². The summed E-state index contributed by atoms with van der Waals surface area (Å²) in [7, 11) is 0. The molecule has 1 aromatic carbocycles. The van der Waals surface area contributed by atoms with Crippen molar-refractivity contribution < 1.29 is 9.47 Å². The van der Waals surface area contributed by atoms with E-state index in [0.717, 1.165) is 64.1 Å². The van der Waals surface area contributed by atoms with E-state index in [2.05, 4.69) is 10.6 Å². The Morgan fingerprint density at radius 1 is 1.14 bits per heavy atom. The number of rotatable bonds is 7. The highest BCUT2D eigenvalue weighted by atomic mass is 16.5. The minimum absolute atomic E-state index is 0.00255. The summed E-state index contributed by atoms with van der Waals surface area (Å²) in [5, 5.41) is 7.32. The maximum Gasteiger partial charge on any atom is 0.265 e. The molecule has 1 aromatic heterocycles. The van der Waals surface area contributed by atoms with E-state index in [1.807, 2.05) is 29.7 Å². The lowest BCUT2D eigenvalue weighted by molar-refractivity contribution is 0.0269. The summed E-state index contributed by atoms with van der Waals surface area (Å²) in [6, 6.07) is 5.82. The van der Waals surface area contributed by atoms with Gasteiger partial charge >= 0.3 is 0 Å². The van der Waals surface area contributed by atoms with E-state index in [-0.39, 0.29) is 11.6 Å². The number of nitrogens with zero attached hydrogens (tertiary/aromatic N) is 2. The second-order valence-electron chi connectivity index (χ2n) is 8.01. The van der Waals surface area contributed by atoms with Gasteiger partial charge in [0.15, 0.2) is 0 Å². The quantitative estimate of drug-likeness (QED) is 0.694. The topological polar surface area (TPSA) is 77.4 Å². The third-order valence-corrected chi connectivity index (χ3v) is 5.89. The fraction of sp³-hybridized carbons (Fsp3) is 0.636. The SMILES string of the molecule is Cc1nc2cccc(OCCCOC3CCNCC3)c2c(=O)n1C1CCCNC1. The first-order valence-corrected chi connectivity index (χ1v) is 10.9. The molecule has 2 aliphatic heterocycles. The summed E-state index contributed by atoms with van der Waals surface area (Å²) in [6.45, 7) is 7.02. The smallest absolute Gasteiger partial charge is 0.265 e. The Morgan fingerprint density at radius 2 is 2.00 bits per heavy atom. The summed E-state index contributed by atoms with van der Waals surface area (Å²) < 4.78 is 13.8. The van der Waals surface area contributed by atoms with Crippen molar-refractivity contribution in [3.05, 3.63) is 34.4 Å². The van der Waals surface area contributed by atoms with Crippen LogP contribution < -0.4 is 20.9 Å². The van der Waals surface area contributed by atoms with E-state index in [0.29, 0.717) is 36.0 Å². The van der Waals surface area contributed by atoms with Gasteiger partial charge in [-0.3, -0.25) is 9.36 Å². The molecule has 2 fully saturated rings. The predicted molar refractivity (Wildman–Crippen MR) is 114 cm³/mol. The second-order valence-corrected chi connectivity index (χ2v) is 8.01. The number of aromatic nitrogens is 2. The second kappa shape index (κ2) is 9.69. The first-order chi connectivity index (χ1) is 14.2. The number of piperidine rings is 2. The van der Waals surface area contributed by atoms with E-state index < -0.39 is 0 Å². The van der Waals surface area contributed by atoms with Gasteiger partial charge in [-0.05, 0) is 64.4 Å². The molecule has 29 heavy (non-hydrogen) atoms. The van der Waals surface area contributed by atoms with Gasteiger partial charge in [-0.25, -0.2) is 4.98 Å². The van der Waals surface area contributed by atoms with Gasteiger partial charge in [0.25, 0.3) is 5.56 Å². The zero-order valence-corrected chi connectivity index (χ0v) is 17.3. The molecule has 1 unspecified atom stereocenters. The Hall–Kier alpha value is -1.96. The van der Waals surface area contributed by atoms with Crippen LogP contribution in [0.4, 0.5) is 0 Å². The van der Waals surface area contributed by atoms with Crippen molar-refractivity contribution in [1.82, 2.24) is 20.2 Å². The van der Waals surface area contributed by atoms with Crippen LogP contribution >= 0.6 is 0 Å². The molecule has 0 amide bonds. The molecule has 7 nitrogen and oxygen atoms in total. The zero-order valence-electron chi connectivity index (χ0n) is 17.3. The van der Waals surface area contributed by atoms with Gasteiger partial charge in [-0.1, -0.05) is 6.07 Å². The summed E-state index contributed by atoms with van der Waals surface area (Å²) in [5.41, 5.74) is 0.707. The predicted octanol–water partition coefficient (Wildman–Crippen LogP) is 2.17. The minimum atomic E-state index is 0.00255. The Labute approximate surface area is 171 Å². The number of nitrogens with one attached hydrogen (secondary N) is 2. The molecule has 3 heterocycles. The molecule has 4 rings (SSSR count). The average molecular weight is 401 g/mol. The number of hydrogen-bond donors (Lipinski definition) is 2. The Kier molecular flexibility index (Phi) is 6.79. The highest BCUT2D eigenvalue weighted by Gasteiger charge is 2.21. The van der Waals surface area contributed by atoms with Crippen molar-refractivity contribution in [1.29, 1.82) is 0 Å². The molecular weight excluding hydrogens is 368 g/mol. The highest BCUT2D eigenvalue weighted by Crippen LogP contribution is 2.24. The van der Waals surface area contributed by atoms with Crippen LogP contribution in [0.3, 0.4) is 0 Å². The van der Waals surface area contributed by atoms with Crippen molar-refractivity contribution in [3.8, 4) is 5.75 Å². The monoisotopic (exact) mass is 400 g/mol.